The molecule has 7 nitrogen and oxygen atoms in total. The second kappa shape index (κ2) is 8.78. The van der Waals surface area contributed by atoms with E-state index in [-0.39, 0.29) is 17.3 Å². The maximum atomic E-state index is 12.7. The number of ether oxygens (including phenoxy) is 1. The van der Waals surface area contributed by atoms with Crippen LogP contribution in [0.1, 0.15) is 43.3 Å². The zero-order valence-corrected chi connectivity index (χ0v) is 20.1. The second-order valence-corrected chi connectivity index (χ2v) is 10.5. The second-order valence-electron chi connectivity index (χ2n) is 8.79. The van der Waals surface area contributed by atoms with E-state index in [1.165, 1.54) is 0 Å². The average Bonchev–Trinajstić information content (AvgIpc) is 2.95. The summed E-state index contributed by atoms with van der Waals surface area (Å²) in [4.78, 5) is 12.5. The Bertz CT molecular complexity index is 1240. The van der Waals surface area contributed by atoms with Crippen molar-refractivity contribution in [3.05, 3.63) is 71.0 Å². The number of hydrogen-bond acceptors (Lipinski definition) is 5. The van der Waals surface area contributed by atoms with Crippen LogP contribution >= 0.6 is 0 Å². The first-order chi connectivity index (χ1) is 14.9. The van der Waals surface area contributed by atoms with Gasteiger partial charge in [-0.25, -0.2) is 13.1 Å². The van der Waals surface area contributed by atoms with E-state index in [1.54, 1.807) is 47.1 Å². The van der Waals surface area contributed by atoms with Crippen molar-refractivity contribution in [1.82, 2.24) is 9.78 Å². The predicted molar refractivity (Wildman–Crippen MR) is 125 cm³/mol. The molecule has 1 N–H and O–H groups in total. The molecule has 3 aromatic rings. The van der Waals surface area contributed by atoms with Crippen molar-refractivity contribution in [2.75, 3.05) is 4.72 Å². The molecule has 0 aliphatic heterocycles. The van der Waals surface area contributed by atoms with Gasteiger partial charge in [0.1, 0.15) is 5.60 Å². The Balaban J connectivity index is 1.87. The van der Waals surface area contributed by atoms with Gasteiger partial charge < -0.3 is 4.74 Å². The van der Waals surface area contributed by atoms with E-state index in [9.17, 15) is 13.2 Å². The Kier molecular flexibility index (Phi) is 6.46. The minimum Gasteiger partial charge on any atom is -0.460 e. The maximum absolute atomic E-state index is 12.7. The highest BCUT2D eigenvalue weighted by molar-refractivity contribution is 7.92. The summed E-state index contributed by atoms with van der Waals surface area (Å²) < 4.78 is 35.2. The van der Waals surface area contributed by atoms with Crippen LogP contribution in [0.15, 0.2) is 53.4 Å². The number of anilines is 1. The Hall–Kier alpha value is -3.13. The smallest absolute Gasteiger partial charge is 0.310 e. The van der Waals surface area contributed by atoms with E-state index < -0.39 is 15.6 Å². The molecule has 2 aromatic carbocycles. The van der Waals surface area contributed by atoms with Gasteiger partial charge in [0.05, 0.1) is 28.4 Å². The Morgan fingerprint density at radius 3 is 2.34 bits per heavy atom. The van der Waals surface area contributed by atoms with Crippen LogP contribution in [0.25, 0.3) is 5.69 Å². The molecule has 0 fully saturated rings. The Morgan fingerprint density at radius 2 is 1.72 bits per heavy atom. The number of carbonyl (C=O) groups is 1. The monoisotopic (exact) mass is 455 g/mol. The first-order valence-electron chi connectivity index (χ1n) is 10.3. The Morgan fingerprint density at radius 1 is 1.06 bits per heavy atom. The summed E-state index contributed by atoms with van der Waals surface area (Å²) in [5.74, 6) is -0.317. The van der Waals surface area contributed by atoms with E-state index in [0.29, 0.717) is 11.4 Å². The molecule has 0 aliphatic carbocycles. The number of aromatic nitrogens is 2. The number of nitrogens with zero attached hydrogens (tertiary/aromatic N) is 2. The molecule has 3 rings (SSSR count). The van der Waals surface area contributed by atoms with Crippen molar-refractivity contribution < 1.29 is 17.9 Å². The van der Waals surface area contributed by atoms with Gasteiger partial charge in [-0.05, 0) is 71.9 Å². The predicted octanol–water partition coefficient (Wildman–Crippen LogP) is 4.48. The summed E-state index contributed by atoms with van der Waals surface area (Å²) in [5.41, 5.74) is 3.85. The van der Waals surface area contributed by atoms with Crippen LogP contribution in [0.3, 0.4) is 0 Å². The SMILES string of the molecule is Cc1ccc(S(=O)(=O)Nc2cccc(-n3nc(C)c(CC(=O)OC(C)(C)C)c3C)c2)cc1. The third-order valence-electron chi connectivity index (χ3n) is 4.86. The fraction of sp³-hybridized carbons (Fsp3) is 0.333. The van der Waals surface area contributed by atoms with Gasteiger partial charge in [-0.2, -0.15) is 5.10 Å². The molecule has 0 amide bonds. The number of aryl methyl sites for hydroxylation is 2. The highest BCUT2D eigenvalue weighted by Crippen LogP contribution is 2.23. The lowest BCUT2D eigenvalue weighted by Crippen LogP contribution is -2.25. The highest BCUT2D eigenvalue weighted by Gasteiger charge is 2.21. The van der Waals surface area contributed by atoms with E-state index >= 15 is 0 Å². The molecule has 0 saturated carbocycles. The van der Waals surface area contributed by atoms with Crippen molar-refractivity contribution in [3.8, 4) is 5.69 Å². The van der Waals surface area contributed by atoms with E-state index in [1.807, 2.05) is 47.6 Å². The lowest BCUT2D eigenvalue weighted by molar-refractivity contribution is -0.153. The summed E-state index contributed by atoms with van der Waals surface area (Å²) in [6.45, 7) is 11.1. The van der Waals surface area contributed by atoms with Crippen molar-refractivity contribution in [2.45, 2.75) is 58.5 Å². The zero-order chi connectivity index (χ0) is 23.7. The van der Waals surface area contributed by atoms with Crippen LogP contribution in [-0.4, -0.2) is 29.8 Å². The van der Waals surface area contributed by atoms with Crippen LogP contribution < -0.4 is 4.72 Å². The summed E-state index contributed by atoms with van der Waals surface area (Å²) in [5, 5.41) is 4.57. The average molecular weight is 456 g/mol. The maximum Gasteiger partial charge on any atom is 0.310 e. The van der Waals surface area contributed by atoms with E-state index in [2.05, 4.69) is 9.82 Å². The van der Waals surface area contributed by atoms with Gasteiger partial charge >= 0.3 is 5.97 Å². The van der Waals surface area contributed by atoms with Gasteiger partial charge in [0, 0.05) is 11.3 Å². The number of carbonyl (C=O) groups excluding carboxylic acids is 1. The molecule has 1 heterocycles. The number of benzene rings is 2. The minimum atomic E-state index is -3.72. The quantitative estimate of drug-likeness (QED) is 0.554. The molecule has 0 bridgehead atoms. The van der Waals surface area contributed by atoms with Gasteiger partial charge in [-0.15, -0.1) is 0 Å². The van der Waals surface area contributed by atoms with Crippen LogP contribution in [-0.2, 0) is 26.0 Å². The topological polar surface area (TPSA) is 90.3 Å². The van der Waals surface area contributed by atoms with Gasteiger partial charge in [0.25, 0.3) is 10.0 Å². The number of esters is 1. The Labute approximate surface area is 189 Å². The largest absolute Gasteiger partial charge is 0.460 e. The number of rotatable bonds is 6. The summed E-state index contributed by atoms with van der Waals surface area (Å²) in [6.07, 6.45) is 0.120. The summed E-state index contributed by atoms with van der Waals surface area (Å²) in [6, 6.07) is 13.6. The first-order valence-corrected chi connectivity index (χ1v) is 11.8. The van der Waals surface area contributed by atoms with E-state index in [4.69, 9.17) is 4.74 Å². The lowest BCUT2D eigenvalue weighted by atomic mass is 10.1. The molecule has 0 aliphatic rings. The van der Waals surface area contributed by atoms with Crippen LogP contribution in [0.2, 0.25) is 0 Å². The minimum absolute atomic E-state index is 0.120. The molecule has 0 atom stereocenters. The molecular formula is C24H29N3O4S. The van der Waals surface area contributed by atoms with Crippen LogP contribution in [0, 0.1) is 20.8 Å². The summed E-state index contributed by atoms with van der Waals surface area (Å²) in [7, 11) is -3.72. The number of hydrogen-bond donors (Lipinski definition) is 1. The molecule has 170 valence electrons. The standard InChI is InChI=1S/C24H29N3O4S/c1-16-10-12-21(13-11-16)32(29,30)26-19-8-7-9-20(14-19)27-18(3)22(17(2)25-27)15-23(28)31-24(4,5)6/h7-14,26H,15H2,1-6H3. The van der Waals surface area contributed by atoms with Crippen molar-refractivity contribution in [3.63, 3.8) is 0 Å². The fourth-order valence-corrected chi connectivity index (χ4v) is 4.39. The zero-order valence-electron chi connectivity index (χ0n) is 19.3. The van der Waals surface area contributed by atoms with Crippen LogP contribution in [0.5, 0.6) is 0 Å². The number of nitrogens with one attached hydrogen (secondary N) is 1. The van der Waals surface area contributed by atoms with Crippen LogP contribution in [0.4, 0.5) is 5.69 Å². The van der Waals surface area contributed by atoms with Gasteiger partial charge in [-0.3, -0.25) is 9.52 Å². The molecule has 1 aromatic heterocycles. The van der Waals surface area contributed by atoms with Gasteiger partial charge in [-0.1, -0.05) is 23.8 Å². The normalized spacial score (nSPS) is 11.9. The third-order valence-corrected chi connectivity index (χ3v) is 6.25. The van der Waals surface area contributed by atoms with Gasteiger partial charge in [0.2, 0.25) is 0 Å². The van der Waals surface area contributed by atoms with Crippen molar-refractivity contribution in [1.29, 1.82) is 0 Å². The van der Waals surface area contributed by atoms with Gasteiger partial charge in [0.15, 0.2) is 0 Å². The van der Waals surface area contributed by atoms with E-state index in [0.717, 1.165) is 22.5 Å². The fourth-order valence-electron chi connectivity index (χ4n) is 3.34. The molecule has 32 heavy (non-hydrogen) atoms. The first kappa shape index (κ1) is 23.5. The third kappa shape index (κ3) is 5.56. The molecule has 0 unspecified atom stereocenters. The molecule has 8 heteroatoms. The lowest BCUT2D eigenvalue weighted by Gasteiger charge is -2.19. The molecule has 0 spiro atoms. The number of sulfonamides is 1. The molecule has 0 saturated heterocycles. The highest BCUT2D eigenvalue weighted by atomic mass is 32.2. The van der Waals surface area contributed by atoms with Crippen molar-refractivity contribution >= 4 is 21.7 Å². The summed E-state index contributed by atoms with van der Waals surface area (Å²) >= 11 is 0. The molecular weight excluding hydrogens is 426 g/mol. The molecule has 0 radical (unpaired) electrons. The van der Waals surface area contributed by atoms with Crippen molar-refractivity contribution in [2.24, 2.45) is 0 Å².